The molecular weight excluding hydrogens is 865 g/mol. The predicted molar refractivity (Wildman–Crippen MR) is 296 cm³/mol. The van der Waals surface area contributed by atoms with Crippen LogP contribution in [0, 0.1) is 0 Å². The van der Waals surface area contributed by atoms with E-state index in [0.717, 1.165) is 17.1 Å². The van der Waals surface area contributed by atoms with Crippen molar-refractivity contribution >= 4 is 70.4 Å². The quantitative estimate of drug-likeness (QED) is 0.161. The normalized spacial score (nSPS) is 13.0. The molecule has 11 aromatic carbocycles. The fourth-order valence-electron chi connectivity index (χ4n) is 12.2. The predicted octanol–water partition coefficient (Wildman–Crippen LogP) is 18.3. The number of hydrogen-bond acceptors (Lipinski definition) is 2. The third-order valence-corrected chi connectivity index (χ3v) is 16.4. The zero-order valence-corrected chi connectivity index (χ0v) is 38.9. The van der Waals surface area contributed by atoms with Gasteiger partial charge in [0.15, 0.2) is 0 Å². The molecule has 0 aliphatic heterocycles. The summed E-state index contributed by atoms with van der Waals surface area (Å²) in [5, 5.41) is 5.14. The van der Waals surface area contributed by atoms with Gasteiger partial charge in [-0.3, -0.25) is 0 Å². The SMILES string of the molecule is c1ccc(N(c2cccc(-c3ccc(-c4ccc5c(c4)c4ccccc4n5-c4cccc5c4sc4ccccc45)cc3)c2)c2ccc3c(c2)C2(c4ccccc4-c4ccccc42)c2ccccc2-3)cc1. The van der Waals surface area contributed by atoms with Gasteiger partial charge in [-0.1, -0.05) is 188 Å². The second-order valence-electron chi connectivity index (χ2n) is 18.8. The maximum atomic E-state index is 2.47. The molecule has 0 bridgehead atoms. The summed E-state index contributed by atoms with van der Waals surface area (Å²) in [6.07, 6.45) is 0. The highest BCUT2D eigenvalue weighted by Gasteiger charge is 2.51. The minimum Gasteiger partial charge on any atom is -0.310 e. The van der Waals surface area contributed by atoms with Crippen molar-refractivity contribution < 1.29 is 0 Å². The summed E-state index contributed by atoms with van der Waals surface area (Å²) in [6, 6.07) is 94.6. The van der Waals surface area contributed by atoms with E-state index in [4.69, 9.17) is 0 Å². The van der Waals surface area contributed by atoms with Crippen molar-refractivity contribution in [2.75, 3.05) is 4.90 Å². The molecule has 0 amide bonds. The minimum absolute atomic E-state index is 0.420. The van der Waals surface area contributed by atoms with Crippen LogP contribution >= 0.6 is 11.3 Å². The van der Waals surface area contributed by atoms with E-state index in [-0.39, 0.29) is 0 Å². The molecule has 3 heteroatoms. The molecule has 2 nitrogen and oxygen atoms in total. The Labute approximate surface area is 410 Å². The lowest BCUT2D eigenvalue weighted by Gasteiger charge is -2.32. The molecule has 0 saturated heterocycles. The fourth-order valence-corrected chi connectivity index (χ4v) is 13.5. The number of para-hydroxylation sites is 2. The fraction of sp³-hybridized carbons (Fsp3) is 0.0149. The van der Waals surface area contributed by atoms with Gasteiger partial charge in [-0.2, -0.15) is 0 Å². The summed E-state index contributed by atoms with van der Waals surface area (Å²) >= 11 is 1.88. The van der Waals surface area contributed by atoms with Crippen molar-refractivity contribution in [2.24, 2.45) is 0 Å². The molecule has 0 fully saturated rings. The molecule has 0 saturated carbocycles. The summed E-state index contributed by atoms with van der Waals surface area (Å²) in [4.78, 5) is 2.43. The number of nitrogens with zero attached hydrogens (tertiary/aromatic N) is 2. The number of fused-ring (bicyclic) bond motifs is 16. The molecule has 0 unspecified atom stereocenters. The van der Waals surface area contributed by atoms with Gasteiger partial charge in [-0.05, 0) is 133 Å². The maximum Gasteiger partial charge on any atom is 0.0726 e. The van der Waals surface area contributed by atoms with Crippen LogP contribution in [0.4, 0.5) is 17.1 Å². The van der Waals surface area contributed by atoms with Crippen molar-refractivity contribution in [1.29, 1.82) is 0 Å². The van der Waals surface area contributed by atoms with E-state index >= 15 is 0 Å². The van der Waals surface area contributed by atoms with Crippen LogP contribution in [0.5, 0.6) is 0 Å². The standard InChI is InChI=1S/C67H42N2S/c1-2-17-47(18-3-1)68(49-37-38-53-52-22-6-11-28-60(52)67(61(53)42-49)58-26-9-4-20-50(58)51-21-5-10-27-59(51)67)48-19-14-16-45(40-48)43-32-34-44(35-33-43)46-36-39-63-57(41-46)54-23-7-12-29-62(54)69(63)64-30-15-25-56-55-24-8-13-31-65(55)70-66(56)64/h1-42H. The molecule has 2 aromatic heterocycles. The molecule has 2 aliphatic rings. The second kappa shape index (κ2) is 15.1. The Kier molecular flexibility index (Phi) is 8.48. The van der Waals surface area contributed by atoms with Gasteiger partial charge in [-0.15, -0.1) is 11.3 Å². The Bertz CT molecular complexity index is 4190. The Balaban J connectivity index is 0.817. The summed E-state index contributed by atoms with van der Waals surface area (Å²) < 4.78 is 5.10. The molecular formula is C67H42N2S. The Morgan fingerprint density at radius 2 is 0.843 bits per heavy atom. The molecule has 0 atom stereocenters. The van der Waals surface area contributed by atoms with Crippen LogP contribution in [0.2, 0.25) is 0 Å². The second-order valence-corrected chi connectivity index (χ2v) is 19.8. The van der Waals surface area contributed by atoms with Crippen LogP contribution in [0.1, 0.15) is 22.3 Å². The lowest BCUT2D eigenvalue weighted by Crippen LogP contribution is -2.26. The zero-order valence-electron chi connectivity index (χ0n) is 38.1. The van der Waals surface area contributed by atoms with Crippen LogP contribution in [0.25, 0.3) is 92.2 Å². The zero-order chi connectivity index (χ0) is 45.9. The van der Waals surface area contributed by atoms with Crippen molar-refractivity contribution in [2.45, 2.75) is 5.41 Å². The molecule has 1 spiro atoms. The van der Waals surface area contributed by atoms with Crippen molar-refractivity contribution in [3.05, 3.63) is 277 Å². The van der Waals surface area contributed by atoms with Crippen LogP contribution in [0.3, 0.4) is 0 Å². The number of rotatable bonds is 6. The monoisotopic (exact) mass is 906 g/mol. The van der Waals surface area contributed by atoms with E-state index in [2.05, 4.69) is 264 Å². The van der Waals surface area contributed by atoms with Crippen LogP contribution in [-0.2, 0) is 5.41 Å². The van der Waals surface area contributed by atoms with E-state index in [9.17, 15) is 0 Å². The summed E-state index contributed by atoms with van der Waals surface area (Å²) in [5.74, 6) is 0. The van der Waals surface area contributed by atoms with Crippen LogP contribution < -0.4 is 4.90 Å². The van der Waals surface area contributed by atoms with E-state index in [1.807, 2.05) is 11.3 Å². The third kappa shape index (κ3) is 5.55. The van der Waals surface area contributed by atoms with Gasteiger partial charge in [0, 0.05) is 43.3 Å². The first kappa shape index (κ1) is 39.3. The number of aromatic nitrogens is 1. The molecule has 15 rings (SSSR count). The van der Waals surface area contributed by atoms with E-state index in [0.29, 0.717) is 0 Å². The van der Waals surface area contributed by atoms with Gasteiger partial charge in [0.25, 0.3) is 0 Å². The van der Waals surface area contributed by atoms with E-state index in [1.165, 1.54) is 114 Å². The Morgan fingerprint density at radius 1 is 0.314 bits per heavy atom. The van der Waals surface area contributed by atoms with Gasteiger partial charge in [-0.25, -0.2) is 0 Å². The average Bonchev–Trinajstić information content (AvgIpc) is 4.15. The first-order chi connectivity index (χ1) is 34.7. The number of anilines is 3. The molecule has 0 radical (unpaired) electrons. The smallest absolute Gasteiger partial charge is 0.0726 e. The van der Waals surface area contributed by atoms with Crippen LogP contribution in [0.15, 0.2) is 255 Å². The molecule has 2 aliphatic carbocycles. The average molecular weight is 907 g/mol. The summed E-state index contributed by atoms with van der Waals surface area (Å²) in [5.41, 5.74) is 21.9. The highest BCUT2D eigenvalue weighted by atomic mass is 32.1. The first-order valence-electron chi connectivity index (χ1n) is 24.2. The molecule has 70 heavy (non-hydrogen) atoms. The number of hydrogen-bond donors (Lipinski definition) is 0. The molecule has 326 valence electrons. The van der Waals surface area contributed by atoms with Crippen molar-refractivity contribution in [3.8, 4) is 50.2 Å². The number of benzene rings is 11. The lowest BCUT2D eigenvalue weighted by molar-refractivity contribution is 0.793. The summed E-state index contributed by atoms with van der Waals surface area (Å²) in [7, 11) is 0. The largest absolute Gasteiger partial charge is 0.310 e. The molecule has 2 heterocycles. The highest BCUT2D eigenvalue weighted by Crippen LogP contribution is 2.63. The third-order valence-electron chi connectivity index (χ3n) is 15.2. The maximum absolute atomic E-state index is 2.47. The van der Waals surface area contributed by atoms with Gasteiger partial charge < -0.3 is 9.47 Å². The Hall–Kier alpha value is -8.76. The van der Waals surface area contributed by atoms with Gasteiger partial charge in [0.1, 0.15) is 0 Å². The highest BCUT2D eigenvalue weighted by molar-refractivity contribution is 7.26. The minimum atomic E-state index is -0.420. The first-order valence-corrected chi connectivity index (χ1v) is 25.0. The van der Waals surface area contributed by atoms with Crippen molar-refractivity contribution in [3.63, 3.8) is 0 Å². The van der Waals surface area contributed by atoms with Gasteiger partial charge >= 0.3 is 0 Å². The van der Waals surface area contributed by atoms with E-state index < -0.39 is 5.41 Å². The summed E-state index contributed by atoms with van der Waals surface area (Å²) in [6.45, 7) is 0. The number of thiophene rings is 1. The molecule has 0 N–H and O–H groups in total. The lowest BCUT2D eigenvalue weighted by atomic mass is 9.70. The van der Waals surface area contributed by atoms with Crippen LogP contribution in [-0.4, -0.2) is 4.57 Å². The van der Waals surface area contributed by atoms with Gasteiger partial charge in [0.05, 0.1) is 26.8 Å². The van der Waals surface area contributed by atoms with E-state index in [1.54, 1.807) is 0 Å². The van der Waals surface area contributed by atoms with Gasteiger partial charge in [0.2, 0.25) is 0 Å². The molecule has 13 aromatic rings. The topological polar surface area (TPSA) is 8.17 Å². The Morgan fingerprint density at radius 3 is 1.57 bits per heavy atom. The van der Waals surface area contributed by atoms with Crippen molar-refractivity contribution in [1.82, 2.24) is 4.57 Å².